The number of nitrogens with one attached hydrogen (secondary N) is 2. The molecule has 3 rings (SSSR count). The van der Waals surface area contributed by atoms with Crippen molar-refractivity contribution in [1.29, 1.82) is 0 Å². The van der Waals surface area contributed by atoms with Crippen LogP contribution < -0.4 is 10.6 Å². The Morgan fingerprint density at radius 3 is 2.74 bits per heavy atom. The Bertz CT molecular complexity index is 617. The summed E-state index contributed by atoms with van der Waals surface area (Å²) in [6, 6.07) is 5.37. The number of amides is 2. The lowest BCUT2D eigenvalue weighted by molar-refractivity contribution is -0.125. The molecule has 2 fully saturated rings. The van der Waals surface area contributed by atoms with Gasteiger partial charge in [-0.25, -0.2) is 0 Å². The van der Waals surface area contributed by atoms with Crippen LogP contribution in [-0.2, 0) is 9.59 Å². The molecular formula is C18H23ClN2O2. The first-order chi connectivity index (χ1) is 11.0. The maximum atomic E-state index is 12.0. The van der Waals surface area contributed by atoms with Crippen LogP contribution in [0.4, 0.5) is 5.69 Å². The van der Waals surface area contributed by atoms with Gasteiger partial charge in [-0.1, -0.05) is 24.1 Å². The molecule has 0 saturated heterocycles. The smallest absolute Gasteiger partial charge is 0.243 e. The predicted octanol–water partition coefficient (Wildman–Crippen LogP) is 3.53. The zero-order valence-electron chi connectivity index (χ0n) is 13.4. The van der Waals surface area contributed by atoms with Crippen LogP contribution in [0.25, 0.3) is 0 Å². The van der Waals surface area contributed by atoms with Gasteiger partial charge in [0, 0.05) is 17.1 Å². The van der Waals surface area contributed by atoms with E-state index in [2.05, 4.69) is 10.6 Å². The van der Waals surface area contributed by atoms with Crippen molar-refractivity contribution < 1.29 is 9.59 Å². The minimum absolute atomic E-state index is 0.00556. The third kappa shape index (κ3) is 3.86. The second kappa shape index (κ2) is 6.91. The van der Waals surface area contributed by atoms with E-state index in [0.29, 0.717) is 23.0 Å². The van der Waals surface area contributed by atoms with Crippen molar-refractivity contribution in [2.24, 2.45) is 17.8 Å². The molecule has 2 amide bonds. The lowest BCUT2D eigenvalue weighted by Crippen LogP contribution is -2.34. The van der Waals surface area contributed by atoms with Gasteiger partial charge in [0.1, 0.15) is 0 Å². The molecule has 5 heteroatoms. The Balaban J connectivity index is 1.43. The maximum Gasteiger partial charge on any atom is 0.243 e. The monoisotopic (exact) mass is 334 g/mol. The lowest BCUT2D eigenvalue weighted by atomic mass is 9.86. The van der Waals surface area contributed by atoms with Gasteiger partial charge in [0.15, 0.2) is 0 Å². The van der Waals surface area contributed by atoms with Gasteiger partial charge in [0.2, 0.25) is 11.8 Å². The van der Waals surface area contributed by atoms with Gasteiger partial charge in [-0.05, 0) is 61.6 Å². The maximum absolute atomic E-state index is 12.0. The molecule has 0 heterocycles. The lowest BCUT2D eigenvalue weighted by Gasteiger charge is -2.20. The number of hydrogen-bond donors (Lipinski definition) is 2. The van der Waals surface area contributed by atoms with Gasteiger partial charge in [-0.3, -0.25) is 9.59 Å². The summed E-state index contributed by atoms with van der Waals surface area (Å²) in [4.78, 5) is 24.0. The summed E-state index contributed by atoms with van der Waals surface area (Å²) in [6.07, 6.45) is 5.66. The fourth-order valence-corrected chi connectivity index (χ4v) is 4.23. The number of carbonyl (C=O) groups is 2. The zero-order valence-corrected chi connectivity index (χ0v) is 14.2. The molecule has 0 radical (unpaired) electrons. The largest absolute Gasteiger partial charge is 0.347 e. The van der Waals surface area contributed by atoms with E-state index in [9.17, 15) is 9.59 Å². The summed E-state index contributed by atoms with van der Waals surface area (Å²) in [5.74, 6) is 1.85. The van der Waals surface area contributed by atoms with Crippen molar-refractivity contribution in [2.45, 2.75) is 39.0 Å². The normalized spacial score (nSPS) is 25.4. The molecule has 3 atom stereocenters. The van der Waals surface area contributed by atoms with Gasteiger partial charge < -0.3 is 10.6 Å². The van der Waals surface area contributed by atoms with Crippen LogP contribution >= 0.6 is 11.6 Å². The molecular weight excluding hydrogens is 312 g/mol. The molecule has 0 aliphatic heterocycles. The van der Waals surface area contributed by atoms with Gasteiger partial charge in [-0.15, -0.1) is 0 Å². The number of hydrogen-bond acceptors (Lipinski definition) is 2. The Morgan fingerprint density at radius 1 is 1.22 bits per heavy atom. The number of halogens is 1. The molecule has 0 spiro atoms. The Morgan fingerprint density at radius 2 is 2.04 bits per heavy atom. The molecule has 1 aromatic rings. The number of fused-ring (bicyclic) bond motifs is 2. The molecule has 3 unspecified atom stereocenters. The summed E-state index contributed by atoms with van der Waals surface area (Å²) in [6.45, 7) is 1.86. The number of benzene rings is 1. The number of rotatable bonds is 5. The fourth-order valence-electron chi connectivity index (χ4n) is 4.05. The van der Waals surface area contributed by atoms with E-state index >= 15 is 0 Å². The first kappa shape index (κ1) is 16.3. The highest BCUT2D eigenvalue weighted by Gasteiger charge is 2.40. The van der Waals surface area contributed by atoms with Gasteiger partial charge >= 0.3 is 0 Å². The fraction of sp³-hybridized carbons (Fsp3) is 0.556. The Hall–Kier alpha value is -1.55. The quantitative estimate of drug-likeness (QED) is 0.865. The molecule has 2 N–H and O–H groups in total. The van der Waals surface area contributed by atoms with E-state index < -0.39 is 0 Å². The number of anilines is 1. The standard InChI is InChI=1S/C18H23ClN2O2/c1-11-15(19)3-2-4-16(11)21-18(23)10-20-17(22)9-14-8-12-5-6-13(14)7-12/h2-4,12-14H,5-10H2,1H3,(H,20,22)(H,21,23). The second-order valence-corrected chi connectivity index (χ2v) is 7.28. The molecule has 4 nitrogen and oxygen atoms in total. The van der Waals surface area contributed by atoms with Crippen LogP contribution in [0.15, 0.2) is 18.2 Å². The van der Waals surface area contributed by atoms with Crippen LogP contribution in [0.1, 0.15) is 37.7 Å². The molecule has 2 aliphatic carbocycles. The van der Waals surface area contributed by atoms with E-state index in [4.69, 9.17) is 11.6 Å². The molecule has 0 aromatic heterocycles. The molecule has 1 aromatic carbocycles. The van der Waals surface area contributed by atoms with Gasteiger partial charge in [0.25, 0.3) is 0 Å². The summed E-state index contributed by atoms with van der Waals surface area (Å²) < 4.78 is 0. The van der Waals surface area contributed by atoms with Crippen molar-refractivity contribution in [1.82, 2.24) is 5.32 Å². The summed E-state index contributed by atoms with van der Waals surface area (Å²) in [5.41, 5.74) is 1.51. The second-order valence-electron chi connectivity index (χ2n) is 6.88. The first-order valence-corrected chi connectivity index (χ1v) is 8.72. The minimum atomic E-state index is -0.225. The van der Waals surface area contributed by atoms with Crippen LogP contribution in [0.2, 0.25) is 5.02 Å². The first-order valence-electron chi connectivity index (χ1n) is 8.34. The van der Waals surface area contributed by atoms with Crippen molar-refractivity contribution in [2.75, 3.05) is 11.9 Å². The topological polar surface area (TPSA) is 58.2 Å². The third-order valence-electron chi connectivity index (χ3n) is 5.32. The van der Waals surface area contributed by atoms with E-state index in [-0.39, 0.29) is 18.4 Å². The van der Waals surface area contributed by atoms with E-state index in [1.807, 2.05) is 6.92 Å². The highest BCUT2D eigenvalue weighted by Crippen LogP contribution is 2.49. The highest BCUT2D eigenvalue weighted by molar-refractivity contribution is 6.31. The Labute approximate surface area is 142 Å². The van der Waals surface area contributed by atoms with Crippen LogP contribution in [-0.4, -0.2) is 18.4 Å². The highest BCUT2D eigenvalue weighted by atomic mass is 35.5. The van der Waals surface area contributed by atoms with Crippen molar-refractivity contribution in [3.05, 3.63) is 28.8 Å². The van der Waals surface area contributed by atoms with Gasteiger partial charge in [0.05, 0.1) is 6.54 Å². The Kier molecular flexibility index (Phi) is 4.90. The zero-order chi connectivity index (χ0) is 16.4. The summed E-state index contributed by atoms with van der Waals surface area (Å²) in [5, 5.41) is 6.14. The summed E-state index contributed by atoms with van der Waals surface area (Å²) in [7, 11) is 0. The third-order valence-corrected chi connectivity index (χ3v) is 5.73. The minimum Gasteiger partial charge on any atom is -0.347 e. The van der Waals surface area contributed by atoms with Crippen LogP contribution in [0.3, 0.4) is 0 Å². The molecule has 2 aliphatic rings. The number of carbonyl (C=O) groups excluding carboxylic acids is 2. The average molecular weight is 335 g/mol. The van der Waals surface area contributed by atoms with Crippen LogP contribution in [0.5, 0.6) is 0 Å². The SMILES string of the molecule is Cc1c(Cl)cccc1NC(=O)CNC(=O)CC1CC2CCC1C2. The molecule has 2 saturated carbocycles. The summed E-state index contributed by atoms with van der Waals surface area (Å²) >= 11 is 6.03. The van der Waals surface area contributed by atoms with E-state index in [0.717, 1.165) is 17.4 Å². The molecule has 23 heavy (non-hydrogen) atoms. The van der Waals surface area contributed by atoms with Crippen molar-refractivity contribution in [3.63, 3.8) is 0 Å². The van der Waals surface area contributed by atoms with E-state index in [1.165, 1.54) is 25.7 Å². The predicted molar refractivity (Wildman–Crippen MR) is 91.4 cm³/mol. The van der Waals surface area contributed by atoms with Crippen molar-refractivity contribution in [3.8, 4) is 0 Å². The van der Waals surface area contributed by atoms with Gasteiger partial charge in [-0.2, -0.15) is 0 Å². The van der Waals surface area contributed by atoms with Crippen molar-refractivity contribution >= 4 is 29.1 Å². The van der Waals surface area contributed by atoms with Crippen LogP contribution in [0, 0.1) is 24.7 Å². The molecule has 2 bridgehead atoms. The average Bonchev–Trinajstić information content (AvgIpc) is 3.12. The molecule has 124 valence electrons. The van der Waals surface area contributed by atoms with E-state index in [1.54, 1.807) is 18.2 Å².